The zero-order valence-corrected chi connectivity index (χ0v) is 13.3. The number of hydrogen-bond acceptors (Lipinski definition) is 4. The first-order valence-corrected chi connectivity index (χ1v) is 8.53. The second-order valence-corrected chi connectivity index (χ2v) is 7.04. The van der Waals surface area contributed by atoms with E-state index in [2.05, 4.69) is 28.9 Å². The third-order valence-electron chi connectivity index (χ3n) is 2.95. The molecular formula is C14H25N3O2S. The Morgan fingerprint density at radius 2 is 2.00 bits per heavy atom. The van der Waals surface area contributed by atoms with Gasteiger partial charge in [0, 0.05) is 19.3 Å². The maximum atomic E-state index is 12.0. The molecule has 0 radical (unpaired) electrons. The van der Waals surface area contributed by atoms with Gasteiger partial charge in [-0.25, -0.2) is 18.1 Å². The molecule has 5 nitrogen and oxygen atoms in total. The molecule has 0 amide bonds. The summed E-state index contributed by atoms with van der Waals surface area (Å²) in [7, 11) is -1.64. The molecule has 1 heterocycles. The SMILES string of the molecule is CNCc1ccc(S(=O)(=O)NCCCCC(C)C)nc1. The molecule has 0 saturated heterocycles. The van der Waals surface area contributed by atoms with E-state index in [1.165, 1.54) is 0 Å². The summed E-state index contributed by atoms with van der Waals surface area (Å²) < 4.78 is 26.6. The van der Waals surface area contributed by atoms with Crippen molar-refractivity contribution in [2.75, 3.05) is 13.6 Å². The molecule has 6 heteroatoms. The van der Waals surface area contributed by atoms with E-state index in [4.69, 9.17) is 0 Å². The minimum Gasteiger partial charge on any atom is -0.316 e. The van der Waals surface area contributed by atoms with Crippen molar-refractivity contribution in [2.45, 2.75) is 44.7 Å². The molecule has 1 rings (SSSR count). The third kappa shape index (κ3) is 5.98. The van der Waals surface area contributed by atoms with Crippen LogP contribution in [0, 0.1) is 5.92 Å². The Hall–Kier alpha value is -0.980. The minimum atomic E-state index is -3.47. The van der Waals surface area contributed by atoms with Gasteiger partial charge in [-0.15, -0.1) is 0 Å². The summed E-state index contributed by atoms with van der Waals surface area (Å²) in [6.45, 7) is 5.48. The van der Waals surface area contributed by atoms with Crippen LogP contribution in [0.2, 0.25) is 0 Å². The van der Waals surface area contributed by atoms with Gasteiger partial charge in [0.1, 0.15) is 0 Å². The normalized spacial score (nSPS) is 12.0. The molecule has 1 aromatic rings. The summed E-state index contributed by atoms with van der Waals surface area (Å²) in [6.07, 6.45) is 4.60. The number of nitrogens with one attached hydrogen (secondary N) is 2. The van der Waals surface area contributed by atoms with Gasteiger partial charge in [0.15, 0.2) is 5.03 Å². The van der Waals surface area contributed by atoms with Crippen molar-refractivity contribution in [3.05, 3.63) is 23.9 Å². The topological polar surface area (TPSA) is 71.1 Å². The standard InChI is InChI=1S/C14H25N3O2S/c1-12(2)6-4-5-9-17-20(18,19)14-8-7-13(10-15-3)11-16-14/h7-8,11-12,15,17H,4-6,9-10H2,1-3H3. The van der Waals surface area contributed by atoms with Gasteiger partial charge in [0.2, 0.25) is 0 Å². The Morgan fingerprint density at radius 3 is 2.55 bits per heavy atom. The first-order chi connectivity index (χ1) is 9.45. The van der Waals surface area contributed by atoms with Crippen molar-refractivity contribution in [1.82, 2.24) is 15.0 Å². The Bertz CT molecular complexity index is 484. The minimum absolute atomic E-state index is 0.0845. The lowest BCUT2D eigenvalue weighted by atomic mass is 10.1. The second kappa shape index (κ2) is 8.34. The molecule has 1 aromatic heterocycles. The van der Waals surface area contributed by atoms with Crippen LogP contribution in [-0.2, 0) is 16.6 Å². The van der Waals surface area contributed by atoms with Gasteiger partial charge in [-0.3, -0.25) is 0 Å². The molecule has 0 fully saturated rings. The summed E-state index contributed by atoms with van der Waals surface area (Å²) in [5, 5.41) is 3.08. The highest BCUT2D eigenvalue weighted by molar-refractivity contribution is 7.89. The third-order valence-corrected chi connectivity index (χ3v) is 4.33. The predicted molar refractivity (Wildman–Crippen MR) is 80.9 cm³/mol. The smallest absolute Gasteiger partial charge is 0.258 e. The van der Waals surface area contributed by atoms with E-state index in [0.717, 1.165) is 24.8 Å². The van der Waals surface area contributed by atoms with E-state index in [9.17, 15) is 8.42 Å². The van der Waals surface area contributed by atoms with E-state index in [1.807, 2.05) is 7.05 Å². The number of hydrogen-bond donors (Lipinski definition) is 2. The monoisotopic (exact) mass is 299 g/mol. The quantitative estimate of drug-likeness (QED) is 0.683. The predicted octanol–water partition coefficient (Wildman–Crippen LogP) is 1.91. The van der Waals surface area contributed by atoms with Crippen molar-refractivity contribution in [2.24, 2.45) is 5.92 Å². The van der Waals surface area contributed by atoms with Crippen LogP contribution in [0.3, 0.4) is 0 Å². The molecule has 0 saturated carbocycles. The maximum absolute atomic E-state index is 12.0. The zero-order chi connectivity index (χ0) is 15.0. The lowest BCUT2D eigenvalue weighted by Crippen LogP contribution is -2.25. The van der Waals surface area contributed by atoms with Gasteiger partial charge < -0.3 is 5.32 Å². The number of aromatic nitrogens is 1. The highest BCUT2D eigenvalue weighted by Gasteiger charge is 2.14. The molecule has 114 valence electrons. The van der Waals surface area contributed by atoms with E-state index in [-0.39, 0.29) is 5.03 Å². The van der Waals surface area contributed by atoms with Crippen LogP contribution in [0.4, 0.5) is 0 Å². The fraction of sp³-hybridized carbons (Fsp3) is 0.643. The van der Waals surface area contributed by atoms with Crippen LogP contribution in [0.5, 0.6) is 0 Å². The van der Waals surface area contributed by atoms with E-state index < -0.39 is 10.0 Å². The highest BCUT2D eigenvalue weighted by Crippen LogP contribution is 2.08. The molecule has 0 aromatic carbocycles. The molecule has 0 unspecified atom stereocenters. The van der Waals surface area contributed by atoms with Crippen molar-refractivity contribution in [3.63, 3.8) is 0 Å². The number of rotatable bonds is 9. The van der Waals surface area contributed by atoms with Gasteiger partial charge in [0.05, 0.1) is 0 Å². The van der Waals surface area contributed by atoms with Crippen molar-refractivity contribution in [3.8, 4) is 0 Å². The number of nitrogens with zero attached hydrogens (tertiary/aromatic N) is 1. The van der Waals surface area contributed by atoms with Crippen LogP contribution < -0.4 is 10.0 Å². The summed E-state index contributed by atoms with van der Waals surface area (Å²) in [4.78, 5) is 4.01. The lowest BCUT2D eigenvalue weighted by molar-refractivity contribution is 0.530. The zero-order valence-electron chi connectivity index (χ0n) is 12.5. The van der Waals surface area contributed by atoms with E-state index in [1.54, 1.807) is 18.3 Å². The Morgan fingerprint density at radius 1 is 1.25 bits per heavy atom. The van der Waals surface area contributed by atoms with Gasteiger partial charge in [-0.2, -0.15) is 0 Å². The average Bonchev–Trinajstić information content (AvgIpc) is 2.39. The number of unbranched alkanes of at least 4 members (excludes halogenated alkanes) is 1. The second-order valence-electron chi connectivity index (χ2n) is 5.32. The van der Waals surface area contributed by atoms with Crippen LogP contribution in [0.25, 0.3) is 0 Å². The molecule has 0 bridgehead atoms. The number of sulfonamides is 1. The molecular weight excluding hydrogens is 274 g/mol. The fourth-order valence-corrected chi connectivity index (χ4v) is 2.84. The van der Waals surface area contributed by atoms with Gasteiger partial charge in [-0.05, 0) is 31.0 Å². The summed E-state index contributed by atoms with van der Waals surface area (Å²) in [5.41, 5.74) is 0.961. The summed E-state index contributed by atoms with van der Waals surface area (Å²) >= 11 is 0. The van der Waals surface area contributed by atoms with Crippen molar-refractivity contribution < 1.29 is 8.42 Å². The first kappa shape index (κ1) is 17.1. The molecule has 2 N–H and O–H groups in total. The molecule has 20 heavy (non-hydrogen) atoms. The first-order valence-electron chi connectivity index (χ1n) is 7.05. The average molecular weight is 299 g/mol. The van der Waals surface area contributed by atoms with Crippen molar-refractivity contribution in [1.29, 1.82) is 0 Å². The molecule has 0 aliphatic rings. The molecule has 0 spiro atoms. The Kier molecular flexibility index (Phi) is 7.12. The fourth-order valence-electron chi connectivity index (χ4n) is 1.84. The van der Waals surface area contributed by atoms with E-state index >= 15 is 0 Å². The van der Waals surface area contributed by atoms with Crippen LogP contribution in [-0.4, -0.2) is 27.0 Å². The summed E-state index contributed by atoms with van der Waals surface area (Å²) in [5.74, 6) is 0.660. The molecule has 0 atom stereocenters. The molecule has 0 aliphatic carbocycles. The highest BCUT2D eigenvalue weighted by atomic mass is 32.2. The van der Waals surface area contributed by atoms with Crippen LogP contribution in [0.15, 0.2) is 23.4 Å². The maximum Gasteiger partial charge on any atom is 0.258 e. The van der Waals surface area contributed by atoms with Gasteiger partial charge >= 0.3 is 0 Å². The Balaban J connectivity index is 2.47. The van der Waals surface area contributed by atoms with Crippen LogP contribution in [0.1, 0.15) is 38.7 Å². The summed E-state index contributed by atoms with van der Waals surface area (Å²) in [6, 6.07) is 3.32. The lowest BCUT2D eigenvalue weighted by Gasteiger charge is -2.07. The van der Waals surface area contributed by atoms with Gasteiger partial charge in [-0.1, -0.05) is 32.8 Å². The Labute approximate surface area is 122 Å². The van der Waals surface area contributed by atoms with Gasteiger partial charge in [0.25, 0.3) is 10.0 Å². The molecule has 0 aliphatic heterocycles. The van der Waals surface area contributed by atoms with Crippen molar-refractivity contribution >= 4 is 10.0 Å². The van der Waals surface area contributed by atoms with Crippen LogP contribution >= 0.6 is 0 Å². The largest absolute Gasteiger partial charge is 0.316 e. The number of pyridine rings is 1. The van der Waals surface area contributed by atoms with E-state index in [0.29, 0.717) is 19.0 Å².